The number of rotatable bonds is 5. The molecular weight excluding hydrogens is 469 g/mol. The second-order valence-electron chi connectivity index (χ2n) is 8.49. The van der Waals surface area contributed by atoms with E-state index in [9.17, 15) is 9.18 Å². The van der Waals surface area contributed by atoms with Crippen molar-refractivity contribution in [1.29, 1.82) is 0 Å². The second-order valence-corrected chi connectivity index (χ2v) is 10.4. The van der Waals surface area contributed by atoms with E-state index in [1.165, 1.54) is 28.4 Å². The quantitative estimate of drug-likeness (QED) is 0.288. The van der Waals surface area contributed by atoms with E-state index in [-0.39, 0.29) is 5.82 Å². The minimum absolute atomic E-state index is 0.304. The lowest BCUT2D eigenvalue weighted by Gasteiger charge is -2.19. The summed E-state index contributed by atoms with van der Waals surface area (Å²) in [5.41, 5.74) is 2.76. The summed E-state index contributed by atoms with van der Waals surface area (Å²) in [5.74, 6) is 0.0669. The number of hydrogen-bond acceptors (Lipinski definition) is 6. The molecule has 8 heteroatoms. The van der Waals surface area contributed by atoms with Crippen LogP contribution in [0.1, 0.15) is 20.8 Å². The first-order chi connectivity index (χ1) is 16.2. The van der Waals surface area contributed by atoms with Crippen LogP contribution < -0.4 is 5.32 Å². The Kier molecular flexibility index (Phi) is 7.00. The molecule has 4 aromatic rings. The topological polar surface area (TPSA) is 64.1 Å². The Labute approximate surface area is 206 Å². The van der Waals surface area contributed by atoms with Crippen molar-refractivity contribution in [2.45, 2.75) is 31.3 Å². The highest BCUT2D eigenvalue weighted by atomic mass is 32.2. The molecule has 0 spiro atoms. The third-order valence-electron chi connectivity index (χ3n) is 4.73. The smallest absolute Gasteiger partial charge is 0.413 e. The lowest BCUT2D eigenvalue weighted by molar-refractivity contribution is 0.0635. The maximum Gasteiger partial charge on any atom is 0.413 e. The van der Waals surface area contributed by atoms with Crippen molar-refractivity contribution in [3.8, 4) is 32.3 Å². The van der Waals surface area contributed by atoms with Gasteiger partial charge in [-0.05, 0) is 81.1 Å². The zero-order valence-corrected chi connectivity index (χ0v) is 20.9. The zero-order chi connectivity index (χ0) is 24.3. The van der Waals surface area contributed by atoms with Gasteiger partial charge >= 0.3 is 6.09 Å². The predicted octanol–water partition coefficient (Wildman–Crippen LogP) is 7.75. The summed E-state index contributed by atoms with van der Waals surface area (Å²) in [4.78, 5) is 23.4. The summed E-state index contributed by atoms with van der Waals surface area (Å²) in [6.07, 6.45) is 3.09. The van der Waals surface area contributed by atoms with Crippen LogP contribution >= 0.6 is 23.1 Å². The Bertz CT molecular complexity index is 1300. The molecule has 2 heterocycles. The Morgan fingerprint density at radius 2 is 1.68 bits per heavy atom. The SMILES string of the molecule is CSc1ccc(-c2nc(-c3ccc(F)cc3)c(-c3ccnc(NC(=O)OC(C)(C)C)c3)s2)cc1. The maximum atomic E-state index is 13.6. The molecule has 0 aliphatic rings. The van der Waals surface area contributed by atoms with E-state index in [4.69, 9.17) is 9.72 Å². The molecule has 1 N–H and O–H groups in total. The highest BCUT2D eigenvalue weighted by Gasteiger charge is 2.19. The van der Waals surface area contributed by atoms with E-state index < -0.39 is 11.7 Å². The van der Waals surface area contributed by atoms with Gasteiger partial charge in [0.05, 0.1) is 10.6 Å². The Morgan fingerprint density at radius 1 is 1.00 bits per heavy atom. The van der Waals surface area contributed by atoms with Crippen molar-refractivity contribution in [2.75, 3.05) is 11.6 Å². The van der Waals surface area contributed by atoms with Crippen LogP contribution in [0, 0.1) is 5.82 Å². The molecule has 4 rings (SSSR count). The first-order valence-corrected chi connectivity index (χ1v) is 12.6. The van der Waals surface area contributed by atoms with Crippen molar-refractivity contribution >= 4 is 35.0 Å². The summed E-state index contributed by atoms with van der Waals surface area (Å²) in [5, 5.41) is 3.53. The van der Waals surface area contributed by atoms with Crippen molar-refractivity contribution in [2.24, 2.45) is 0 Å². The van der Waals surface area contributed by atoms with Crippen molar-refractivity contribution in [3.05, 3.63) is 72.7 Å². The molecule has 1 amide bonds. The number of aromatic nitrogens is 2. The third kappa shape index (κ3) is 5.81. The molecule has 0 atom stereocenters. The van der Waals surface area contributed by atoms with Gasteiger partial charge in [-0.3, -0.25) is 5.32 Å². The molecule has 0 unspecified atom stereocenters. The lowest BCUT2D eigenvalue weighted by atomic mass is 10.1. The molecule has 2 aromatic heterocycles. The number of anilines is 1. The number of hydrogen-bond donors (Lipinski definition) is 1. The number of carbonyl (C=O) groups is 1. The van der Waals surface area contributed by atoms with E-state index >= 15 is 0 Å². The van der Waals surface area contributed by atoms with Gasteiger partial charge in [0, 0.05) is 22.2 Å². The monoisotopic (exact) mass is 493 g/mol. The van der Waals surface area contributed by atoms with Crippen LogP contribution in [-0.2, 0) is 4.74 Å². The molecule has 2 aromatic carbocycles. The number of amides is 1. The number of ether oxygens (including phenoxy) is 1. The molecule has 0 aliphatic heterocycles. The normalized spacial score (nSPS) is 11.3. The summed E-state index contributed by atoms with van der Waals surface area (Å²) in [6.45, 7) is 5.40. The molecular formula is C26H24FN3O2S2. The largest absolute Gasteiger partial charge is 0.444 e. The number of nitrogens with one attached hydrogen (secondary N) is 1. The van der Waals surface area contributed by atoms with Crippen LogP contribution in [0.5, 0.6) is 0 Å². The highest BCUT2D eigenvalue weighted by molar-refractivity contribution is 7.98. The Morgan fingerprint density at radius 3 is 2.32 bits per heavy atom. The average Bonchev–Trinajstić information content (AvgIpc) is 3.24. The standard InChI is InChI=1S/C26H24FN3O2S2/c1-26(2,3)32-25(31)29-21-15-18(13-14-28-21)23-22(16-5-9-19(27)10-6-16)30-24(34-23)17-7-11-20(33-4)12-8-17/h5-15H,1-4H3,(H,28,29,31). The summed E-state index contributed by atoms with van der Waals surface area (Å²) < 4.78 is 18.9. The van der Waals surface area contributed by atoms with E-state index in [0.29, 0.717) is 5.82 Å². The van der Waals surface area contributed by atoms with Crippen molar-refractivity contribution in [1.82, 2.24) is 9.97 Å². The number of nitrogens with zero attached hydrogens (tertiary/aromatic N) is 2. The molecule has 0 bridgehead atoms. The molecule has 34 heavy (non-hydrogen) atoms. The molecule has 5 nitrogen and oxygen atoms in total. The van der Waals surface area contributed by atoms with Crippen LogP contribution in [0.25, 0.3) is 32.3 Å². The molecule has 0 aliphatic carbocycles. The number of benzene rings is 2. The summed E-state index contributed by atoms with van der Waals surface area (Å²) >= 11 is 3.21. The number of thiazole rings is 1. The molecule has 0 saturated heterocycles. The molecule has 0 radical (unpaired) electrons. The van der Waals surface area contributed by atoms with Gasteiger partial charge < -0.3 is 4.74 Å². The number of carbonyl (C=O) groups excluding carboxylic acids is 1. The van der Waals surface area contributed by atoms with Gasteiger partial charge in [-0.1, -0.05) is 12.1 Å². The number of pyridine rings is 1. The van der Waals surface area contributed by atoms with Crippen LogP contribution in [0.15, 0.2) is 71.8 Å². The number of halogens is 1. The van der Waals surface area contributed by atoms with E-state index in [2.05, 4.69) is 22.4 Å². The average molecular weight is 494 g/mol. The fourth-order valence-corrected chi connectivity index (χ4v) is 4.72. The first-order valence-electron chi connectivity index (χ1n) is 10.6. The highest BCUT2D eigenvalue weighted by Crippen LogP contribution is 2.41. The van der Waals surface area contributed by atoms with Crippen molar-refractivity contribution in [3.63, 3.8) is 0 Å². The van der Waals surface area contributed by atoms with E-state index in [1.54, 1.807) is 56.9 Å². The third-order valence-corrected chi connectivity index (χ3v) is 6.63. The van der Waals surface area contributed by atoms with Gasteiger partial charge in [0.15, 0.2) is 0 Å². The van der Waals surface area contributed by atoms with Crippen LogP contribution in [0.2, 0.25) is 0 Å². The van der Waals surface area contributed by atoms with Gasteiger partial charge in [0.25, 0.3) is 0 Å². The molecule has 0 saturated carbocycles. The predicted molar refractivity (Wildman–Crippen MR) is 138 cm³/mol. The van der Waals surface area contributed by atoms with Gasteiger partial charge in [-0.15, -0.1) is 23.1 Å². The fraction of sp³-hybridized carbons (Fsp3) is 0.192. The Balaban J connectivity index is 1.74. The van der Waals surface area contributed by atoms with Gasteiger partial charge in [-0.25, -0.2) is 19.2 Å². The second kappa shape index (κ2) is 9.95. The van der Waals surface area contributed by atoms with Crippen LogP contribution in [-0.4, -0.2) is 27.9 Å². The van der Waals surface area contributed by atoms with E-state index in [0.717, 1.165) is 32.3 Å². The van der Waals surface area contributed by atoms with Gasteiger partial charge in [-0.2, -0.15) is 0 Å². The minimum atomic E-state index is -0.615. The summed E-state index contributed by atoms with van der Waals surface area (Å²) in [6, 6.07) is 18.1. The Hall–Kier alpha value is -3.23. The minimum Gasteiger partial charge on any atom is -0.444 e. The lowest BCUT2D eigenvalue weighted by Crippen LogP contribution is -2.27. The first kappa shape index (κ1) is 23.9. The molecule has 174 valence electrons. The van der Waals surface area contributed by atoms with Gasteiger partial charge in [0.2, 0.25) is 0 Å². The van der Waals surface area contributed by atoms with Crippen LogP contribution in [0.4, 0.5) is 15.0 Å². The van der Waals surface area contributed by atoms with Gasteiger partial charge in [0.1, 0.15) is 22.2 Å². The summed E-state index contributed by atoms with van der Waals surface area (Å²) in [7, 11) is 0. The van der Waals surface area contributed by atoms with E-state index in [1.807, 2.05) is 24.5 Å². The number of thioether (sulfide) groups is 1. The molecule has 0 fully saturated rings. The van der Waals surface area contributed by atoms with Crippen molar-refractivity contribution < 1.29 is 13.9 Å². The fourth-order valence-electron chi connectivity index (χ4n) is 3.22. The zero-order valence-electron chi connectivity index (χ0n) is 19.3. The van der Waals surface area contributed by atoms with Crippen LogP contribution in [0.3, 0.4) is 0 Å². The maximum absolute atomic E-state index is 13.6.